The number of anilines is 1. The van der Waals surface area contributed by atoms with Gasteiger partial charge in [-0.2, -0.15) is 0 Å². The molecule has 37 heavy (non-hydrogen) atoms. The quantitative estimate of drug-likeness (QED) is 0.265. The van der Waals surface area contributed by atoms with E-state index < -0.39 is 0 Å². The number of ether oxygens (including phenoxy) is 2. The minimum Gasteiger partial charge on any atom is -0.493 e. The van der Waals surface area contributed by atoms with Crippen LogP contribution in [0.15, 0.2) is 64.5 Å². The predicted molar refractivity (Wildman–Crippen MR) is 153 cm³/mol. The van der Waals surface area contributed by atoms with Crippen LogP contribution in [0.25, 0.3) is 0 Å². The molecule has 7 nitrogen and oxygen atoms in total. The number of carbonyl (C=O) groups is 2. The molecule has 198 valence electrons. The number of methoxy groups -OCH3 is 2. The molecule has 0 saturated carbocycles. The van der Waals surface area contributed by atoms with Crippen LogP contribution in [0.3, 0.4) is 0 Å². The van der Waals surface area contributed by atoms with Crippen LogP contribution >= 0.6 is 27.3 Å². The number of benzene rings is 2. The van der Waals surface area contributed by atoms with Crippen molar-refractivity contribution in [2.24, 2.45) is 0 Å². The van der Waals surface area contributed by atoms with Gasteiger partial charge in [-0.05, 0) is 67.1 Å². The van der Waals surface area contributed by atoms with E-state index in [-0.39, 0.29) is 24.5 Å². The highest BCUT2D eigenvalue weighted by molar-refractivity contribution is 9.10. The average Bonchev–Trinajstić information content (AvgIpc) is 3.42. The first-order chi connectivity index (χ1) is 17.8. The van der Waals surface area contributed by atoms with Gasteiger partial charge in [0.05, 0.1) is 20.8 Å². The number of hydrogen-bond acceptors (Lipinski definition) is 5. The number of nitrogens with zero attached hydrogens (tertiary/aromatic N) is 2. The molecule has 0 aliphatic heterocycles. The highest BCUT2D eigenvalue weighted by Crippen LogP contribution is 2.28. The molecule has 2 aromatic carbocycles. The standard InChI is InChI=1S/C28H34BrN3O4S/c1-5-20(2)32(28(34)30-23-9-6-8-22(29)17-23)19-27(33)31(18-24-10-7-15-37-24)14-13-21-11-12-25(35-3)26(16-21)36-4/h6-12,15-17,20H,5,13-14,18-19H2,1-4H3,(H,30,34). The van der Waals surface area contributed by atoms with E-state index in [1.807, 2.05) is 78.7 Å². The molecule has 0 bridgehead atoms. The van der Waals surface area contributed by atoms with Crippen molar-refractivity contribution in [1.82, 2.24) is 9.80 Å². The third-order valence-corrected chi connectivity index (χ3v) is 7.52. The topological polar surface area (TPSA) is 71.1 Å². The van der Waals surface area contributed by atoms with Crippen molar-refractivity contribution in [1.29, 1.82) is 0 Å². The van der Waals surface area contributed by atoms with Gasteiger partial charge in [-0.25, -0.2) is 4.79 Å². The maximum absolute atomic E-state index is 13.6. The third-order valence-electron chi connectivity index (χ3n) is 6.16. The number of hydrogen-bond donors (Lipinski definition) is 1. The fourth-order valence-corrected chi connectivity index (χ4v) is 4.96. The minimum absolute atomic E-state index is 0.00779. The molecule has 0 radical (unpaired) electrons. The van der Waals surface area contributed by atoms with Crippen molar-refractivity contribution in [3.05, 3.63) is 74.9 Å². The summed E-state index contributed by atoms with van der Waals surface area (Å²) in [4.78, 5) is 31.4. The van der Waals surface area contributed by atoms with E-state index in [1.54, 1.807) is 30.5 Å². The molecule has 0 saturated heterocycles. The lowest BCUT2D eigenvalue weighted by molar-refractivity contribution is -0.132. The number of carbonyl (C=O) groups excluding carboxylic acids is 2. The Morgan fingerprint density at radius 2 is 1.84 bits per heavy atom. The molecule has 0 fully saturated rings. The molecule has 1 unspecified atom stereocenters. The molecule has 1 aromatic heterocycles. The molecule has 0 aliphatic rings. The van der Waals surface area contributed by atoms with Crippen LogP contribution < -0.4 is 14.8 Å². The summed E-state index contributed by atoms with van der Waals surface area (Å²) in [7, 11) is 3.21. The van der Waals surface area contributed by atoms with Crippen molar-refractivity contribution < 1.29 is 19.1 Å². The van der Waals surface area contributed by atoms with Crippen molar-refractivity contribution in [2.75, 3.05) is 32.6 Å². The van der Waals surface area contributed by atoms with Gasteiger partial charge in [0.25, 0.3) is 0 Å². The number of thiophene rings is 1. The molecule has 0 spiro atoms. The Balaban J connectivity index is 1.76. The molecular weight excluding hydrogens is 554 g/mol. The van der Waals surface area contributed by atoms with E-state index in [2.05, 4.69) is 21.2 Å². The van der Waals surface area contributed by atoms with Crippen LogP contribution in [0.2, 0.25) is 0 Å². The van der Waals surface area contributed by atoms with Crippen molar-refractivity contribution in [2.45, 2.75) is 39.3 Å². The van der Waals surface area contributed by atoms with E-state index in [9.17, 15) is 9.59 Å². The Morgan fingerprint density at radius 1 is 1.05 bits per heavy atom. The van der Waals surface area contributed by atoms with Crippen LogP contribution in [0.1, 0.15) is 30.7 Å². The van der Waals surface area contributed by atoms with Crippen molar-refractivity contribution >= 4 is 44.9 Å². The van der Waals surface area contributed by atoms with E-state index >= 15 is 0 Å². The summed E-state index contributed by atoms with van der Waals surface area (Å²) in [5, 5.41) is 4.94. The maximum atomic E-state index is 13.6. The summed E-state index contributed by atoms with van der Waals surface area (Å²) in [6.07, 6.45) is 1.38. The molecule has 9 heteroatoms. The fraction of sp³-hybridized carbons (Fsp3) is 0.357. The number of nitrogens with one attached hydrogen (secondary N) is 1. The van der Waals surface area contributed by atoms with Gasteiger partial charge in [0.2, 0.25) is 5.91 Å². The second kappa shape index (κ2) is 14.0. The monoisotopic (exact) mass is 587 g/mol. The van der Waals surface area contributed by atoms with Gasteiger partial charge in [0.15, 0.2) is 11.5 Å². The smallest absolute Gasteiger partial charge is 0.322 e. The van der Waals surface area contributed by atoms with Gasteiger partial charge in [-0.3, -0.25) is 4.79 Å². The zero-order valence-electron chi connectivity index (χ0n) is 21.7. The number of halogens is 1. The highest BCUT2D eigenvalue weighted by Gasteiger charge is 2.25. The minimum atomic E-state index is -0.295. The van der Waals surface area contributed by atoms with Crippen molar-refractivity contribution in [3.63, 3.8) is 0 Å². The Labute approximate surface area is 231 Å². The van der Waals surface area contributed by atoms with Crippen LogP contribution in [0.4, 0.5) is 10.5 Å². The van der Waals surface area contributed by atoms with Crippen LogP contribution in [0.5, 0.6) is 11.5 Å². The van der Waals surface area contributed by atoms with Gasteiger partial charge in [-0.15, -0.1) is 11.3 Å². The summed E-state index contributed by atoms with van der Waals surface area (Å²) in [5.41, 5.74) is 1.71. The first kappa shape index (κ1) is 28.5. The summed E-state index contributed by atoms with van der Waals surface area (Å²) in [5.74, 6) is 1.22. The Kier molecular flexibility index (Phi) is 10.8. The molecule has 1 N–H and O–H groups in total. The zero-order valence-corrected chi connectivity index (χ0v) is 24.1. The number of amides is 3. The highest BCUT2D eigenvalue weighted by atomic mass is 79.9. The fourth-order valence-electron chi connectivity index (χ4n) is 3.84. The second-order valence-electron chi connectivity index (χ2n) is 8.66. The lowest BCUT2D eigenvalue weighted by Crippen LogP contribution is -2.48. The number of rotatable bonds is 12. The lowest BCUT2D eigenvalue weighted by atomic mass is 10.1. The molecule has 3 amide bonds. The van der Waals surface area contributed by atoms with E-state index in [1.165, 1.54) is 0 Å². The first-order valence-electron chi connectivity index (χ1n) is 12.2. The third kappa shape index (κ3) is 8.23. The second-order valence-corrected chi connectivity index (χ2v) is 10.6. The van der Waals surface area contributed by atoms with Gasteiger partial charge >= 0.3 is 6.03 Å². The molecule has 0 aliphatic carbocycles. The van der Waals surface area contributed by atoms with E-state index in [4.69, 9.17) is 9.47 Å². The van der Waals surface area contributed by atoms with E-state index in [0.717, 1.165) is 21.3 Å². The van der Waals surface area contributed by atoms with Gasteiger partial charge < -0.3 is 24.6 Å². The lowest BCUT2D eigenvalue weighted by Gasteiger charge is -2.31. The zero-order chi connectivity index (χ0) is 26.8. The normalized spacial score (nSPS) is 11.5. The SMILES string of the molecule is CCC(C)N(CC(=O)N(CCc1ccc(OC)c(OC)c1)Cc1cccs1)C(=O)Nc1cccc(Br)c1. The first-order valence-corrected chi connectivity index (χ1v) is 13.9. The molecule has 3 rings (SSSR count). The molecule has 1 heterocycles. The average molecular weight is 589 g/mol. The summed E-state index contributed by atoms with van der Waals surface area (Å²) in [6.45, 7) is 4.96. The number of urea groups is 1. The summed E-state index contributed by atoms with van der Waals surface area (Å²) < 4.78 is 11.6. The van der Waals surface area contributed by atoms with Gasteiger partial charge in [0.1, 0.15) is 6.54 Å². The van der Waals surface area contributed by atoms with Crippen molar-refractivity contribution in [3.8, 4) is 11.5 Å². The molecular formula is C28H34BrN3O4S. The largest absolute Gasteiger partial charge is 0.493 e. The Hall–Kier alpha value is -3.04. The van der Waals surface area contributed by atoms with Crippen LogP contribution in [-0.2, 0) is 17.8 Å². The summed E-state index contributed by atoms with van der Waals surface area (Å²) >= 11 is 5.05. The van der Waals surface area contributed by atoms with Gasteiger partial charge in [-0.1, -0.05) is 41.1 Å². The Morgan fingerprint density at radius 3 is 2.49 bits per heavy atom. The van der Waals surface area contributed by atoms with Gasteiger partial charge in [0, 0.05) is 27.6 Å². The maximum Gasteiger partial charge on any atom is 0.322 e. The molecule has 3 aromatic rings. The van der Waals surface area contributed by atoms with E-state index in [0.29, 0.717) is 36.7 Å². The summed E-state index contributed by atoms with van der Waals surface area (Å²) in [6, 6.07) is 16.8. The molecule has 1 atom stereocenters. The van der Waals surface area contributed by atoms with Crippen LogP contribution in [0, 0.1) is 0 Å². The Bertz CT molecular complexity index is 1170. The predicted octanol–water partition coefficient (Wildman–Crippen LogP) is 6.43. The van der Waals surface area contributed by atoms with Crippen LogP contribution in [-0.4, -0.2) is 55.1 Å².